The van der Waals surface area contributed by atoms with Crippen LogP contribution in [0.15, 0.2) is 72.8 Å². The van der Waals surface area contributed by atoms with Crippen molar-refractivity contribution in [3.05, 3.63) is 78.4 Å². The van der Waals surface area contributed by atoms with Crippen molar-refractivity contribution in [1.82, 2.24) is 0 Å². The summed E-state index contributed by atoms with van der Waals surface area (Å²) in [6, 6.07) is 22.2. The molecule has 23 heavy (non-hydrogen) atoms. The fraction of sp³-hybridized carbons (Fsp3) is 0. The molecule has 0 spiro atoms. The lowest BCUT2D eigenvalue weighted by atomic mass is 10.0. The molecule has 3 rings (SSSR count). The molecular weight excluding hydrogens is 288 g/mol. The van der Waals surface area contributed by atoms with Gasteiger partial charge >= 0.3 is 5.97 Å². The zero-order valence-corrected chi connectivity index (χ0v) is 12.4. The summed E-state index contributed by atoms with van der Waals surface area (Å²) in [6.07, 6.45) is 0. The Morgan fingerprint density at radius 2 is 1.61 bits per heavy atom. The largest absolute Gasteiger partial charge is 0.478 e. The van der Waals surface area contributed by atoms with E-state index in [0.717, 1.165) is 22.5 Å². The Balaban J connectivity index is 1.97. The Morgan fingerprint density at radius 1 is 0.870 bits per heavy atom. The van der Waals surface area contributed by atoms with E-state index in [1.807, 2.05) is 54.6 Å². The van der Waals surface area contributed by atoms with E-state index in [-0.39, 0.29) is 5.56 Å². The summed E-state index contributed by atoms with van der Waals surface area (Å²) < 4.78 is 0. The van der Waals surface area contributed by atoms with Gasteiger partial charge in [0.15, 0.2) is 0 Å². The summed E-state index contributed by atoms with van der Waals surface area (Å²) in [6.45, 7) is 0. The first kappa shape index (κ1) is 14.7. The summed E-state index contributed by atoms with van der Waals surface area (Å²) in [5.41, 5.74) is 10.4. The normalized spacial score (nSPS) is 10.3. The van der Waals surface area contributed by atoms with Crippen LogP contribution in [-0.4, -0.2) is 11.1 Å². The molecule has 0 aliphatic rings. The molecule has 4 heteroatoms. The lowest BCUT2D eigenvalue weighted by molar-refractivity contribution is 0.0697. The van der Waals surface area contributed by atoms with Gasteiger partial charge in [0.1, 0.15) is 0 Å². The first-order valence-corrected chi connectivity index (χ1v) is 7.19. The maximum atomic E-state index is 11.1. The van der Waals surface area contributed by atoms with Crippen molar-refractivity contribution in [2.75, 3.05) is 11.1 Å². The molecule has 0 atom stereocenters. The monoisotopic (exact) mass is 304 g/mol. The zero-order valence-electron chi connectivity index (χ0n) is 12.4. The summed E-state index contributed by atoms with van der Waals surface area (Å²) in [7, 11) is 0. The Hall–Kier alpha value is -3.27. The van der Waals surface area contributed by atoms with Gasteiger partial charge in [-0.25, -0.2) is 4.79 Å². The fourth-order valence-corrected chi connectivity index (χ4v) is 2.35. The van der Waals surface area contributed by atoms with Gasteiger partial charge in [-0.05, 0) is 47.5 Å². The predicted molar refractivity (Wildman–Crippen MR) is 93.0 cm³/mol. The molecule has 4 N–H and O–H groups in total. The highest BCUT2D eigenvalue weighted by Crippen LogP contribution is 2.29. The molecule has 3 aromatic carbocycles. The van der Waals surface area contributed by atoms with E-state index in [0.29, 0.717) is 5.69 Å². The maximum Gasteiger partial charge on any atom is 0.335 e. The van der Waals surface area contributed by atoms with Crippen molar-refractivity contribution >= 4 is 23.0 Å². The molecule has 3 aromatic rings. The first-order chi connectivity index (χ1) is 11.1. The number of rotatable bonds is 4. The van der Waals surface area contributed by atoms with Crippen LogP contribution in [0, 0.1) is 0 Å². The standard InChI is InChI=1S/C19H16N2O2/c20-17-10-9-14(13-5-4-6-15(11-13)19(22)23)12-18(17)21-16-7-2-1-3-8-16/h1-12,21H,20H2,(H,22,23). The summed E-state index contributed by atoms with van der Waals surface area (Å²) >= 11 is 0. The van der Waals surface area contributed by atoms with Crippen LogP contribution in [0.2, 0.25) is 0 Å². The van der Waals surface area contributed by atoms with Crippen LogP contribution in [0.25, 0.3) is 11.1 Å². The van der Waals surface area contributed by atoms with Crippen molar-refractivity contribution in [3.8, 4) is 11.1 Å². The Bertz CT molecular complexity index is 845. The number of carbonyl (C=O) groups is 1. The molecule has 0 aliphatic heterocycles. The second-order valence-corrected chi connectivity index (χ2v) is 5.18. The third-order valence-corrected chi connectivity index (χ3v) is 3.55. The number of carboxylic acid groups (broad SMARTS) is 1. The van der Waals surface area contributed by atoms with E-state index in [4.69, 9.17) is 10.8 Å². The molecular formula is C19H16N2O2. The topological polar surface area (TPSA) is 75.4 Å². The third kappa shape index (κ3) is 3.32. The van der Waals surface area contributed by atoms with Gasteiger partial charge in [-0.1, -0.05) is 36.4 Å². The second-order valence-electron chi connectivity index (χ2n) is 5.18. The highest BCUT2D eigenvalue weighted by Gasteiger charge is 2.07. The molecule has 4 nitrogen and oxygen atoms in total. The van der Waals surface area contributed by atoms with E-state index < -0.39 is 5.97 Å². The third-order valence-electron chi connectivity index (χ3n) is 3.55. The van der Waals surface area contributed by atoms with Gasteiger partial charge in [0.2, 0.25) is 0 Å². The van der Waals surface area contributed by atoms with Gasteiger partial charge in [0, 0.05) is 5.69 Å². The number of para-hydroxylation sites is 1. The van der Waals surface area contributed by atoms with Crippen LogP contribution in [0.4, 0.5) is 17.1 Å². The average Bonchev–Trinajstić information content (AvgIpc) is 2.58. The van der Waals surface area contributed by atoms with Gasteiger partial charge in [-0.3, -0.25) is 0 Å². The van der Waals surface area contributed by atoms with Gasteiger partial charge in [-0.2, -0.15) is 0 Å². The summed E-state index contributed by atoms with van der Waals surface area (Å²) in [5, 5.41) is 12.4. The first-order valence-electron chi connectivity index (χ1n) is 7.19. The van der Waals surface area contributed by atoms with Crippen LogP contribution >= 0.6 is 0 Å². The lowest BCUT2D eigenvalue weighted by Crippen LogP contribution is -1.98. The van der Waals surface area contributed by atoms with E-state index in [1.165, 1.54) is 0 Å². The van der Waals surface area contributed by atoms with Crippen molar-refractivity contribution in [2.45, 2.75) is 0 Å². The molecule has 0 radical (unpaired) electrons. The summed E-state index contributed by atoms with van der Waals surface area (Å²) in [5.74, 6) is -0.940. The van der Waals surface area contributed by atoms with Crippen molar-refractivity contribution < 1.29 is 9.90 Å². The smallest absolute Gasteiger partial charge is 0.335 e. The van der Waals surface area contributed by atoms with Crippen LogP contribution in [0.3, 0.4) is 0 Å². The minimum Gasteiger partial charge on any atom is -0.478 e. The van der Waals surface area contributed by atoms with Crippen LogP contribution in [-0.2, 0) is 0 Å². The van der Waals surface area contributed by atoms with Gasteiger partial charge < -0.3 is 16.2 Å². The number of nitrogens with two attached hydrogens (primary N) is 1. The Morgan fingerprint density at radius 3 is 2.35 bits per heavy atom. The maximum absolute atomic E-state index is 11.1. The molecule has 0 unspecified atom stereocenters. The number of nitrogen functional groups attached to an aromatic ring is 1. The van der Waals surface area contributed by atoms with Gasteiger partial charge in [0.25, 0.3) is 0 Å². The molecule has 0 aliphatic carbocycles. The van der Waals surface area contributed by atoms with E-state index >= 15 is 0 Å². The number of carboxylic acids is 1. The van der Waals surface area contributed by atoms with Gasteiger partial charge in [-0.15, -0.1) is 0 Å². The van der Waals surface area contributed by atoms with E-state index in [2.05, 4.69) is 5.32 Å². The van der Waals surface area contributed by atoms with Crippen molar-refractivity contribution in [1.29, 1.82) is 0 Å². The number of benzene rings is 3. The lowest BCUT2D eigenvalue weighted by Gasteiger charge is -2.12. The van der Waals surface area contributed by atoms with Crippen molar-refractivity contribution in [2.24, 2.45) is 0 Å². The van der Waals surface area contributed by atoms with Gasteiger partial charge in [0.05, 0.1) is 16.9 Å². The molecule has 0 amide bonds. The quantitative estimate of drug-likeness (QED) is 0.625. The average molecular weight is 304 g/mol. The van der Waals surface area contributed by atoms with Crippen LogP contribution in [0.5, 0.6) is 0 Å². The Kier molecular flexibility index (Phi) is 3.97. The molecule has 114 valence electrons. The molecule has 0 bridgehead atoms. The predicted octanol–water partition coefficient (Wildman–Crippen LogP) is 4.38. The number of aromatic carboxylic acids is 1. The zero-order chi connectivity index (χ0) is 16.2. The highest BCUT2D eigenvalue weighted by atomic mass is 16.4. The van der Waals surface area contributed by atoms with Crippen LogP contribution in [0.1, 0.15) is 10.4 Å². The SMILES string of the molecule is Nc1ccc(-c2cccc(C(=O)O)c2)cc1Nc1ccccc1. The molecule has 0 saturated heterocycles. The number of nitrogens with one attached hydrogen (secondary N) is 1. The Labute approximate surface area is 134 Å². The second kappa shape index (κ2) is 6.23. The molecule has 0 heterocycles. The summed E-state index contributed by atoms with van der Waals surface area (Å²) in [4.78, 5) is 11.1. The number of anilines is 3. The van der Waals surface area contributed by atoms with E-state index in [1.54, 1.807) is 18.2 Å². The highest BCUT2D eigenvalue weighted by molar-refractivity contribution is 5.90. The van der Waals surface area contributed by atoms with Crippen molar-refractivity contribution in [3.63, 3.8) is 0 Å². The minimum absolute atomic E-state index is 0.261. The minimum atomic E-state index is -0.940. The fourth-order valence-electron chi connectivity index (χ4n) is 2.35. The molecule has 0 fully saturated rings. The molecule has 0 aromatic heterocycles. The molecule has 0 saturated carbocycles. The van der Waals surface area contributed by atoms with Crippen LogP contribution < -0.4 is 11.1 Å². The van der Waals surface area contributed by atoms with E-state index in [9.17, 15) is 4.79 Å². The number of hydrogen-bond acceptors (Lipinski definition) is 3. The number of hydrogen-bond donors (Lipinski definition) is 3.